The van der Waals surface area contributed by atoms with Gasteiger partial charge in [-0.05, 0) is 45.9 Å². The lowest BCUT2D eigenvalue weighted by Gasteiger charge is -2.16. The molecule has 0 fully saturated rings. The third-order valence-electron chi connectivity index (χ3n) is 4.29. The second-order valence-corrected chi connectivity index (χ2v) is 7.99. The van der Waals surface area contributed by atoms with Crippen LogP contribution in [0.3, 0.4) is 0 Å². The maximum Gasteiger partial charge on any atom is 0.224 e. The first kappa shape index (κ1) is 20.5. The largest absolute Gasteiger partial charge is 0.439 e. The number of aryl methyl sites for hydroxylation is 2. The molecule has 0 unspecified atom stereocenters. The molecule has 0 aromatic carbocycles. The van der Waals surface area contributed by atoms with E-state index in [0.29, 0.717) is 35.6 Å². The molecule has 0 aliphatic carbocycles. The predicted octanol–water partition coefficient (Wildman–Crippen LogP) is 3.78. The first-order valence-electron chi connectivity index (χ1n) is 9.93. The molecule has 0 amide bonds. The Labute approximate surface area is 180 Å². The van der Waals surface area contributed by atoms with Gasteiger partial charge in [0.1, 0.15) is 11.6 Å². The van der Waals surface area contributed by atoms with Crippen molar-refractivity contribution in [2.45, 2.75) is 39.8 Å². The van der Waals surface area contributed by atoms with Gasteiger partial charge in [0.25, 0.3) is 0 Å². The highest BCUT2D eigenvalue weighted by atomic mass is 16.5. The van der Waals surface area contributed by atoms with E-state index in [1.807, 2.05) is 44.2 Å². The molecule has 4 rings (SSSR count). The van der Waals surface area contributed by atoms with Gasteiger partial charge in [0, 0.05) is 36.3 Å². The first-order chi connectivity index (χ1) is 14.7. The number of pyridine rings is 2. The number of nitrogens with zero attached hydrogens (tertiary/aromatic N) is 6. The number of nitrogens with one attached hydrogen (secondary N) is 1. The molecule has 0 saturated heterocycles. The van der Waals surface area contributed by atoms with Crippen molar-refractivity contribution in [3.8, 4) is 17.4 Å². The SMILES string of the molecule is Cc1cccc(-n2nc(C)cc2Oc2ccnc(Nc3ccn(CC(C)(C)O)n3)c2)n1. The van der Waals surface area contributed by atoms with Crippen LogP contribution in [-0.2, 0) is 6.54 Å². The van der Waals surface area contributed by atoms with Crippen LogP contribution in [0.5, 0.6) is 11.6 Å². The molecule has 9 heteroatoms. The van der Waals surface area contributed by atoms with Gasteiger partial charge in [-0.3, -0.25) is 4.68 Å². The van der Waals surface area contributed by atoms with Gasteiger partial charge in [0.2, 0.25) is 5.88 Å². The summed E-state index contributed by atoms with van der Waals surface area (Å²) in [5, 5.41) is 22.0. The highest BCUT2D eigenvalue weighted by Crippen LogP contribution is 2.26. The van der Waals surface area contributed by atoms with E-state index >= 15 is 0 Å². The van der Waals surface area contributed by atoms with Crippen molar-refractivity contribution in [2.24, 2.45) is 0 Å². The molecule has 0 aliphatic heterocycles. The molecule has 31 heavy (non-hydrogen) atoms. The van der Waals surface area contributed by atoms with Crippen LogP contribution in [0.2, 0.25) is 0 Å². The molecule has 0 aliphatic rings. The van der Waals surface area contributed by atoms with Crippen LogP contribution in [-0.4, -0.2) is 40.2 Å². The highest BCUT2D eigenvalue weighted by Gasteiger charge is 2.15. The number of aromatic nitrogens is 6. The maximum atomic E-state index is 9.95. The monoisotopic (exact) mass is 419 g/mol. The Kier molecular flexibility index (Phi) is 5.43. The molecule has 4 aromatic rings. The minimum atomic E-state index is -0.845. The molecule has 0 spiro atoms. The van der Waals surface area contributed by atoms with Crippen molar-refractivity contribution in [3.05, 3.63) is 66.2 Å². The predicted molar refractivity (Wildman–Crippen MR) is 117 cm³/mol. The zero-order valence-corrected chi connectivity index (χ0v) is 17.9. The number of hydrogen-bond acceptors (Lipinski definition) is 7. The van der Waals surface area contributed by atoms with Gasteiger partial charge < -0.3 is 15.2 Å². The Balaban J connectivity index is 1.52. The zero-order chi connectivity index (χ0) is 22.0. The maximum absolute atomic E-state index is 9.95. The summed E-state index contributed by atoms with van der Waals surface area (Å²) in [6.45, 7) is 7.71. The van der Waals surface area contributed by atoms with E-state index in [-0.39, 0.29) is 0 Å². The first-order valence-corrected chi connectivity index (χ1v) is 9.93. The third-order valence-corrected chi connectivity index (χ3v) is 4.29. The number of anilines is 2. The summed E-state index contributed by atoms with van der Waals surface area (Å²) in [5.41, 5.74) is 0.877. The minimum Gasteiger partial charge on any atom is -0.439 e. The molecule has 2 N–H and O–H groups in total. The lowest BCUT2D eigenvalue weighted by molar-refractivity contribution is 0.0578. The van der Waals surface area contributed by atoms with Crippen LogP contribution in [0.15, 0.2) is 54.9 Å². The molecular formula is C22H25N7O2. The summed E-state index contributed by atoms with van der Waals surface area (Å²) in [5.74, 6) is 3.05. The van der Waals surface area contributed by atoms with Gasteiger partial charge in [-0.15, -0.1) is 0 Å². The van der Waals surface area contributed by atoms with Crippen LogP contribution in [0.25, 0.3) is 5.82 Å². The molecule has 4 aromatic heterocycles. The van der Waals surface area contributed by atoms with E-state index in [0.717, 1.165) is 11.4 Å². The van der Waals surface area contributed by atoms with Gasteiger partial charge >= 0.3 is 0 Å². The van der Waals surface area contributed by atoms with Crippen LogP contribution in [0, 0.1) is 13.8 Å². The molecule has 0 bridgehead atoms. The van der Waals surface area contributed by atoms with Crippen LogP contribution in [0.1, 0.15) is 25.2 Å². The average Bonchev–Trinajstić information content (AvgIpc) is 3.26. The van der Waals surface area contributed by atoms with E-state index in [9.17, 15) is 5.11 Å². The number of rotatable bonds is 7. The fourth-order valence-electron chi connectivity index (χ4n) is 3.07. The van der Waals surface area contributed by atoms with Gasteiger partial charge in [-0.1, -0.05) is 6.07 Å². The molecule has 0 radical (unpaired) electrons. The van der Waals surface area contributed by atoms with Crippen molar-refractivity contribution in [2.75, 3.05) is 5.32 Å². The average molecular weight is 419 g/mol. The smallest absolute Gasteiger partial charge is 0.224 e. The second kappa shape index (κ2) is 8.19. The van der Waals surface area contributed by atoms with Gasteiger partial charge in [-0.25, -0.2) is 9.97 Å². The Bertz CT molecular complexity index is 1190. The molecule has 0 saturated carbocycles. The molecule has 160 valence electrons. The van der Waals surface area contributed by atoms with Gasteiger partial charge in [0.15, 0.2) is 11.6 Å². The summed E-state index contributed by atoms with van der Waals surface area (Å²) in [4.78, 5) is 8.86. The minimum absolute atomic E-state index is 0.390. The highest BCUT2D eigenvalue weighted by molar-refractivity contribution is 5.53. The summed E-state index contributed by atoms with van der Waals surface area (Å²) in [6.07, 6.45) is 3.46. The summed E-state index contributed by atoms with van der Waals surface area (Å²) in [7, 11) is 0. The lowest BCUT2D eigenvalue weighted by Crippen LogP contribution is -2.26. The quantitative estimate of drug-likeness (QED) is 0.470. The van der Waals surface area contributed by atoms with E-state index in [1.165, 1.54) is 0 Å². The summed E-state index contributed by atoms with van der Waals surface area (Å²) in [6, 6.07) is 13.0. The number of hydrogen-bond donors (Lipinski definition) is 2. The molecular weight excluding hydrogens is 394 g/mol. The fraction of sp³-hybridized carbons (Fsp3) is 0.273. The van der Waals surface area contributed by atoms with Gasteiger partial charge in [0.05, 0.1) is 17.8 Å². The van der Waals surface area contributed by atoms with Crippen molar-refractivity contribution < 1.29 is 9.84 Å². The van der Waals surface area contributed by atoms with Crippen molar-refractivity contribution in [1.82, 2.24) is 29.5 Å². The fourth-order valence-corrected chi connectivity index (χ4v) is 3.07. The van der Waals surface area contributed by atoms with Crippen molar-refractivity contribution in [1.29, 1.82) is 0 Å². The third kappa shape index (κ3) is 5.26. The Hall–Kier alpha value is -3.72. The Morgan fingerprint density at radius 1 is 1.03 bits per heavy atom. The van der Waals surface area contributed by atoms with Crippen molar-refractivity contribution in [3.63, 3.8) is 0 Å². The van der Waals surface area contributed by atoms with Crippen molar-refractivity contribution >= 4 is 11.6 Å². The zero-order valence-electron chi connectivity index (χ0n) is 17.9. The van der Waals surface area contributed by atoms with Gasteiger partial charge in [-0.2, -0.15) is 14.9 Å². The van der Waals surface area contributed by atoms with E-state index in [2.05, 4.69) is 25.5 Å². The van der Waals surface area contributed by atoms with Crippen LogP contribution in [0.4, 0.5) is 11.6 Å². The number of ether oxygens (including phenoxy) is 1. The van der Waals surface area contributed by atoms with E-state index in [4.69, 9.17) is 4.74 Å². The topological polar surface area (TPSA) is 103 Å². The van der Waals surface area contributed by atoms with E-state index in [1.54, 1.807) is 47.7 Å². The summed E-state index contributed by atoms with van der Waals surface area (Å²) >= 11 is 0. The molecule has 9 nitrogen and oxygen atoms in total. The lowest BCUT2D eigenvalue weighted by atomic mass is 10.1. The van der Waals surface area contributed by atoms with Crippen LogP contribution >= 0.6 is 0 Å². The summed E-state index contributed by atoms with van der Waals surface area (Å²) < 4.78 is 9.45. The Morgan fingerprint density at radius 3 is 2.65 bits per heavy atom. The molecule has 0 atom stereocenters. The second-order valence-electron chi connectivity index (χ2n) is 7.99. The van der Waals surface area contributed by atoms with E-state index < -0.39 is 5.60 Å². The van der Waals surface area contributed by atoms with Crippen LogP contribution < -0.4 is 10.1 Å². The standard InChI is InChI=1S/C22H25N7O2/c1-15-6-5-7-20(24-15)29-21(12-16(2)26-29)31-17-8-10-23-19(13-17)25-18-9-11-28(27-18)14-22(3,4)30/h5-13,30H,14H2,1-4H3,(H,23,25,27). The molecule has 4 heterocycles. The normalized spacial score (nSPS) is 11.5. The number of aliphatic hydroxyl groups is 1. The Morgan fingerprint density at radius 2 is 1.87 bits per heavy atom.